The van der Waals surface area contributed by atoms with E-state index in [4.69, 9.17) is 18.5 Å². The highest BCUT2D eigenvalue weighted by atomic mass is 31.2. The zero-order valence-electron chi connectivity index (χ0n) is 17.7. The maximum Gasteiger partial charge on any atom is 0.330 e. The van der Waals surface area contributed by atoms with Crippen LogP contribution in [0.3, 0.4) is 0 Å². The Balaban J connectivity index is 2.25. The predicted octanol–water partition coefficient (Wildman–Crippen LogP) is 2.16. The van der Waals surface area contributed by atoms with Gasteiger partial charge >= 0.3 is 5.69 Å². The summed E-state index contributed by atoms with van der Waals surface area (Å²) in [5.41, 5.74) is -0.453. The molecule has 4 atom stereocenters. The molecular weight excluding hydrogens is 385 g/mol. The van der Waals surface area contributed by atoms with E-state index in [-0.39, 0.29) is 24.3 Å². The summed E-state index contributed by atoms with van der Waals surface area (Å²) in [5, 5.41) is 0. The summed E-state index contributed by atoms with van der Waals surface area (Å²) in [6, 6.07) is 0.490. The van der Waals surface area contributed by atoms with E-state index in [1.54, 1.807) is 21.1 Å². The number of methoxy groups -OCH3 is 1. The molecule has 2 unspecified atom stereocenters. The Kier molecular flexibility index (Phi) is 8.36. The molecule has 1 aromatic heterocycles. The van der Waals surface area contributed by atoms with Gasteiger partial charge in [0.05, 0.1) is 12.7 Å². The highest BCUT2D eigenvalue weighted by Gasteiger charge is 2.41. The number of aromatic nitrogens is 2. The van der Waals surface area contributed by atoms with Crippen molar-refractivity contribution >= 4 is 8.53 Å². The molecule has 28 heavy (non-hydrogen) atoms. The number of H-pyrrole nitrogens is 1. The standard InChI is InChI=1S/C18H32N3O6P/c1-11(2)21(12(3)4)28(25-7)27-14-8-16(26-15(14)10-24-6)20-9-13(5)17(22)19-18(20)23/h9,11-12,14-16H,8,10H2,1-7H3,(H,19,22,23)/t14?,15-,16-,28?/m1/s1. The van der Waals surface area contributed by atoms with Gasteiger partial charge in [0.1, 0.15) is 12.3 Å². The first-order chi connectivity index (χ1) is 13.2. The van der Waals surface area contributed by atoms with E-state index in [2.05, 4.69) is 37.3 Å². The number of hydrogen-bond acceptors (Lipinski definition) is 7. The summed E-state index contributed by atoms with van der Waals surface area (Å²) in [6.45, 7) is 10.4. The average Bonchev–Trinajstić information content (AvgIpc) is 2.99. The Morgan fingerprint density at radius 3 is 2.46 bits per heavy atom. The molecule has 2 heterocycles. The second-order valence-electron chi connectivity index (χ2n) is 7.43. The SMILES string of the molecule is COC[C@H]1O[C@@H](n2cc(C)c(=O)[nH]c2=O)CC1OP(OC)N(C(C)C)C(C)C. The summed E-state index contributed by atoms with van der Waals surface area (Å²) in [6.07, 6.45) is 0.760. The van der Waals surface area contributed by atoms with Gasteiger partial charge in [0.15, 0.2) is 0 Å². The zero-order valence-corrected chi connectivity index (χ0v) is 18.6. The Bertz CT molecular complexity index is 742. The molecular formula is C18H32N3O6P. The highest BCUT2D eigenvalue weighted by molar-refractivity contribution is 7.44. The summed E-state index contributed by atoms with van der Waals surface area (Å²) in [4.78, 5) is 26.2. The largest absolute Gasteiger partial charge is 0.382 e. The molecule has 0 amide bonds. The number of aromatic amines is 1. The number of hydrogen-bond donors (Lipinski definition) is 1. The smallest absolute Gasteiger partial charge is 0.330 e. The molecule has 0 aliphatic carbocycles. The second-order valence-corrected chi connectivity index (χ2v) is 8.94. The van der Waals surface area contributed by atoms with E-state index in [0.29, 0.717) is 18.6 Å². The summed E-state index contributed by atoms with van der Waals surface area (Å²) in [5.74, 6) is 0. The van der Waals surface area contributed by atoms with Gasteiger partial charge in [-0.15, -0.1) is 0 Å². The van der Waals surface area contributed by atoms with Crippen LogP contribution in [0.2, 0.25) is 0 Å². The average molecular weight is 417 g/mol. The normalized spacial score (nSPS) is 23.9. The molecule has 1 N–H and O–H groups in total. The van der Waals surface area contributed by atoms with Crippen LogP contribution in [0.25, 0.3) is 0 Å². The number of nitrogens with zero attached hydrogens (tertiary/aromatic N) is 2. The first-order valence-corrected chi connectivity index (χ1v) is 10.6. The second kappa shape index (κ2) is 10.1. The van der Waals surface area contributed by atoms with Crippen molar-refractivity contribution in [2.24, 2.45) is 0 Å². The van der Waals surface area contributed by atoms with Gasteiger partial charge in [0, 0.05) is 44.5 Å². The van der Waals surface area contributed by atoms with E-state index in [1.165, 1.54) is 10.8 Å². The summed E-state index contributed by atoms with van der Waals surface area (Å²) >= 11 is 0. The minimum atomic E-state index is -1.30. The van der Waals surface area contributed by atoms with Crippen LogP contribution < -0.4 is 11.2 Å². The number of nitrogens with one attached hydrogen (secondary N) is 1. The van der Waals surface area contributed by atoms with Crippen LogP contribution in [0.5, 0.6) is 0 Å². The molecule has 160 valence electrons. The lowest BCUT2D eigenvalue weighted by atomic mass is 10.2. The van der Waals surface area contributed by atoms with E-state index < -0.39 is 26.0 Å². The van der Waals surface area contributed by atoms with Gasteiger partial charge in [0.2, 0.25) is 0 Å². The van der Waals surface area contributed by atoms with Gasteiger partial charge < -0.3 is 18.5 Å². The van der Waals surface area contributed by atoms with Gasteiger partial charge in [-0.3, -0.25) is 14.3 Å². The van der Waals surface area contributed by atoms with E-state index in [1.807, 2.05) is 0 Å². The van der Waals surface area contributed by atoms with Gasteiger partial charge in [-0.25, -0.2) is 9.46 Å². The molecule has 1 fully saturated rings. The fourth-order valence-electron chi connectivity index (χ4n) is 3.38. The van der Waals surface area contributed by atoms with Crippen LogP contribution in [-0.4, -0.2) is 59.3 Å². The molecule has 1 saturated heterocycles. The van der Waals surface area contributed by atoms with Crippen LogP contribution in [0, 0.1) is 6.92 Å². The van der Waals surface area contributed by atoms with Crippen LogP contribution in [-0.2, 0) is 18.5 Å². The molecule has 0 bridgehead atoms. The first-order valence-electron chi connectivity index (χ1n) is 9.45. The fraction of sp³-hybridized carbons (Fsp3) is 0.778. The fourth-order valence-corrected chi connectivity index (χ4v) is 4.97. The Labute approximate surface area is 166 Å². The molecule has 0 saturated carbocycles. The van der Waals surface area contributed by atoms with Crippen molar-refractivity contribution in [3.05, 3.63) is 32.6 Å². The van der Waals surface area contributed by atoms with Crippen molar-refractivity contribution in [1.82, 2.24) is 14.2 Å². The molecule has 9 nitrogen and oxygen atoms in total. The minimum Gasteiger partial charge on any atom is -0.382 e. The van der Waals surface area contributed by atoms with Gasteiger partial charge in [-0.1, -0.05) is 0 Å². The van der Waals surface area contributed by atoms with Gasteiger partial charge in [-0.2, -0.15) is 0 Å². The third-order valence-corrected chi connectivity index (χ3v) is 6.66. The van der Waals surface area contributed by atoms with E-state index in [9.17, 15) is 9.59 Å². The third-order valence-electron chi connectivity index (χ3n) is 4.60. The highest BCUT2D eigenvalue weighted by Crippen LogP contribution is 2.49. The molecule has 1 aliphatic rings. The van der Waals surface area contributed by atoms with Crippen molar-refractivity contribution in [1.29, 1.82) is 0 Å². The van der Waals surface area contributed by atoms with E-state index in [0.717, 1.165) is 0 Å². The van der Waals surface area contributed by atoms with Crippen LogP contribution >= 0.6 is 8.53 Å². The van der Waals surface area contributed by atoms with Crippen molar-refractivity contribution < 1.29 is 18.5 Å². The molecule has 0 aromatic carbocycles. The number of rotatable bonds is 9. The minimum absolute atomic E-state index is 0.245. The topological polar surface area (TPSA) is 95.0 Å². The van der Waals surface area contributed by atoms with Crippen molar-refractivity contribution in [3.8, 4) is 0 Å². The molecule has 10 heteroatoms. The maximum absolute atomic E-state index is 12.2. The van der Waals surface area contributed by atoms with E-state index >= 15 is 0 Å². The van der Waals surface area contributed by atoms with Crippen molar-refractivity contribution in [2.75, 3.05) is 20.8 Å². The van der Waals surface area contributed by atoms with Crippen LogP contribution in [0.15, 0.2) is 15.8 Å². The molecule has 2 rings (SSSR count). The first kappa shape index (κ1) is 23.2. The lowest BCUT2D eigenvalue weighted by molar-refractivity contribution is -0.0524. The van der Waals surface area contributed by atoms with Crippen molar-refractivity contribution in [3.63, 3.8) is 0 Å². The Morgan fingerprint density at radius 1 is 1.29 bits per heavy atom. The van der Waals surface area contributed by atoms with Crippen molar-refractivity contribution in [2.45, 2.75) is 71.6 Å². The number of aryl methyl sites for hydroxylation is 1. The van der Waals surface area contributed by atoms with Crippen LogP contribution in [0.1, 0.15) is 45.9 Å². The lowest BCUT2D eigenvalue weighted by Crippen LogP contribution is -2.36. The van der Waals surface area contributed by atoms with Gasteiger partial charge in [0.25, 0.3) is 14.1 Å². The predicted molar refractivity (Wildman–Crippen MR) is 107 cm³/mol. The molecule has 1 aromatic rings. The monoisotopic (exact) mass is 417 g/mol. The lowest BCUT2D eigenvalue weighted by Gasteiger charge is -2.36. The van der Waals surface area contributed by atoms with Crippen LogP contribution in [0.4, 0.5) is 0 Å². The summed E-state index contributed by atoms with van der Waals surface area (Å²) in [7, 11) is 1.93. The maximum atomic E-state index is 12.2. The van der Waals surface area contributed by atoms with Gasteiger partial charge in [-0.05, 0) is 34.6 Å². The Hall–Kier alpha value is -1.09. The third kappa shape index (κ3) is 5.28. The molecule has 1 aliphatic heterocycles. The Morgan fingerprint density at radius 2 is 1.93 bits per heavy atom. The molecule has 0 spiro atoms. The summed E-state index contributed by atoms with van der Waals surface area (Å²) < 4.78 is 26.9. The zero-order chi connectivity index (χ0) is 21.0. The quantitative estimate of drug-likeness (QED) is 0.615. The number of ether oxygens (including phenoxy) is 2. The molecule has 0 radical (unpaired) electrons.